The maximum Gasteiger partial charge on any atom is 0.306 e. The Morgan fingerprint density at radius 2 is 2.22 bits per heavy atom. The third-order valence-electron chi connectivity index (χ3n) is 4.03. The predicted molar refractivity (Wildman–Crippen MR) is 71.0 cm³/mol. The minimum Gasteiger partial charge on any atom is -0.469 e. The molecule has 0 bridgehead atoms. The molecule has 1 saturated carbocycles. The molecule has 0 aromatic heterocycles. The molecule has 0 heterocycles. The summed E-state index contributed by atoms with van der Waals surface area (Å²) in [5, 5.41) is 0. The van der Waals surface area contributed by atoms with Crippen molar-refractivity contribution in [1.29, 1.82) is 0 Å². The smallest absolute Gasteiger partial charge is 0.306 e. The van der Waals surface area contributed by atoms with E-state index < -0.39 is 0 Å². The monoisotopic (exact) mass is 250 g/mol. The van der Waals surface area contributed by atoms with E-state index in [1.165, 1.54) is 7.11 Å². The van der Waals surface area contributed by atoms with E-state index in [1.54, 1.807) is 0 Å². The van der Waals surface area contributed by atoms with E-state index >= 15 is 0 Å². The molecule has 0 aromatic rings. The standard InChI is InChI=1S/C15H22O3/c1-6-15(4)9-13(16)11(8-14(17)18-5)7-12(15)10(2)3/h6,11-12H,1-2,7-9H2,3-5H3/t11-,12-,15+/m1/s1. The molecule has 0 unspecified atom stereocenters. The molecule has 18 heavy (non-hydrogen) atoms. The van der Waals surface area contributed by atoms with Crippen molar-refractivity contribution in [3.8, 4) is 0 Å². The third kappa shape index (κ3) is 2.89. The quantitative estimate of drug-likeness (QED) is 0.569. The molecule has 3 atom stereocenters. The van der Waals surface area contributed by atoms with Crippen LogP contribution in [-0.2, 0) is 14.3 Å². The molecule has 0 saturated heterocycles. The van der Waals surface area contributed by atoms with Crippen molar-refractivity contribution in [2.75, 3.05) is 7.11 Å². The number of methoxy groups -OCH3 is 1. The van der Waals surface area contributed by atoms with E-state index in [1.807, 2.05) is 19.9 Å². The van der Waals surface area contributed by atoms with Crippen LogP contribution in [0.25, 0.3) is 0 Å². The Kier molecular flexibility index (Phi) is 4.49. The van der Waals surface area contributed by atoms with Crippen LogP contribution >= 0.6 is 0 Å². The number of hydrogen-bond donors (Lipinski definition) is 0. The van der Waals surface area contributed by atoms with Crippen LogP contribution in [-0.4, -0.2) is 18.9 Å². The van der Waals surface area contributed by atoms with Crippen molar-refractivity contribution in [1.82, 2.24) is 0 Å². The molecule has 0 aromatic carbocycles. The zero-order valence-electron chi connectivity index (χ0n) is 11.5. The Bertz CT molecular complexity index is 383. The molecule has 1 aliphatic rings. The number of ketones is 1. The summed E-state index contributed by atoms with van der Waals surface area (Å²) in [6.45, 7) is 11.8. The molecule has 3 heteroatoms. The van der Waals surface area contributed by atoms with Gasteiger partial charge in [0, 0.05) is 12.3 Å². The summed E-state index contributed by atoms with van der Waals surface area (Å²) in [7, 11) is 1.35. The third-order valence-corrected chi connectivity index (χ3v) is 4.03. The number of esters is 1. The van der Waals surface area contributed by atoms with Gasteiger partial charge in [0.25, 0.3) is 0 Å². The van der Waals surface area contributed by atoms with E-state index in [2.05, 4.69) is 17.9 Å². The van der Waals surface area contributed by atoms with Crippen molar-refractivity contribution >= 4 is 11.8 Å². The van der Waals surface area contributed by atoms with Gasteiger partial charge in [-0.15, -0.1) is 6.58 Å². The second-order valence-electron chi connectivity index (χ2n) is 5.46. The van der Waals surface area contributed by atoms with E-state index in [0.717, 1.165) is 5.57 Å². The summed E-state index contributed by atoms with van der Waals surface area (Å²) in [5.41, 5.74) is 0.801. The largest absolute Gasteiger partial charge is 0.469 e. The topological polar surface area (TPSA) is 43.4 Å². The highest BCUT2D eigenvalue weighted by molar-refractivity contribution is 5.87. The van der Waals surface area contributed by atoms with Gasteiger partial charge in [-0.1, -0.05) is 25.2 Å². The molecular formula is C15H22O3. The Hall–Kier alpha value is -1.38. The van der Waals surface area contributed by atoms with Crippen LogP contribution in [0, 0.1) is 17.3 Å². The number of Topliss-reactive ketones (excluding diaryl/α,β-unsaturated/α-hetero) is 1. The molecule has 1 fully saturated rings. The van der Waals surface area contributed by atoms with E-state index in [4.69, 9.17) is 0 Å². The molecule has 0 amide bonds. The van der Waals surface area contributed by atoms with Gasteiger partial charge in [0.2, 0.25) is 0 Å². The van der Waals surface area contributed by atoms with Gasteiger partial charge in [0.05, 0.1) is 13.5 Å². The Balaban J connectivity index is 2.90. The van der Waals surface area contributed by atoms with Crippen molar-refractivity contribution < 1.29 is 14.3 Å². The van der Waals surface area contributed by atoms with Crippen molar-refractivity contribution in [2.24, 2.45) is 17.3 Å². The maximum atomic E-state index is 12.1. The number of rotatable bonds is 4. The molecule has 0 radical (unpaired) electrons. The van der Waals surface area contributed by atoms with Crippen LogP contribution in [0.2, 0.25) is 0 Å². The first-order valence-electron chi connectivity index (χ1n) is 6.22. The molecule has 100 valence electrons. The number of ether oxygens (including phenoxy) is 1. The van der Waals surface area contributed by atoms with Gasteiger partial charge in [-0.3, -0.25) is 9.59 Å². The fraction of sp³-hybridized carbons (Fsp3) is 0.600. The molecule has 0 N–H and O–H groups in total. The lowest BCUT2D eigenvalue weighted by atomic mass is 9.61. The molecule has 1 aliphatic carbocycles. The van der Waals surface area contributed by atoms with Gasteiger partial charge in [-0.25, -0.2) is 0 Å². The summed E-state index contributed by atoms with van der Waals surface area (Å²) in [6.07, 6.45) is 3.10. The molecule has 0 aliphatic heterocycles. The summed E-state index contributed by atoms with van der Waals surface area (Å²) >= 11 is 0. The number of carbonyl (C=O) groups excluding carboxylic acids is 2. The highest BCUT2D eigenvalue weighted by Gasteiger charge is 2.43. The van der Waals surface area contributed by atoms with Crippen molar-refractivity contribution in [2.45, 2.75) is 33.1 Å². The average molecular weight is 250 g/mol. The Morgan fingerprint density at radius 3 is 2.67 bits per heavy atom. The first-order valence-corrected chi connectivity index (χ1v) is 6.22. The first-order chi connectivity index (χ1) is 8.34. The number of carbonyl (C=O) groups is 2. The summed E-state index contributed by atoms with van der Waals surface area (Å²) < 4.78 is 4.64. The predicted octanol–water partition coefficient (Wildman–Crippen LogP) is 2.91. The van der Waals surface area contributed by atoms with Gasteiger partial charge >= 0.3 is 5.97 Å². The molecule has 0 spiro atoms. The average Bonchev–Trinajstić information content (AvgIpc) is 2.31. The number of hydrogen-bond acceptors (Lipinski definition) is 3. The van der Waals surface area contributed by atoms with Crippen LogP contribution in [0.15, 0.2) is 24.8 Å². The zero-order chi connectivity index (χ0) is 13.9. The van der Waals surface area contributed by atoms with Gasteiger partial charge in [-0.2, -0.15) is 0 Å². The lowest BCUT2D eigenvalue weighted by Crippen LogP contribution is -2.39. The normalized spacial score (nSPS) is 31.8. The van der Waals surface area contributed by atoms with Crippen LogP contribution in [0.4, 0.5) is 0 Å². The maximum absolute atomic E-state index is 12.1. The molecular weight excluding hydrogens is 228 g/mol. The van der Waals surface area contributed by atoms with E-state index in [-0.39, 0.29) is 35.4 Å². The lowest BCUT2D eigenvalue weighted by molar-refractivity contribution is -0.145. The minimum atomic E-state index is -0.323. The Labute approximate surface area is 109 Å². The summed E-state index contributed by atoms with van der Waals surface area (Å²) in [5.74, 6) is -0.245. The molecule has 3 nitrogen and oxygen atoms in total. The zero-order valence-corrected chi connectivity index (χ0v) is 11.5. The van der Waals surface area contributed by atoms with Crippen molar-refractivity contribution in [3.63, 3.8) is 0 Å². The highest BCUT2D eigenvalue weighted by Crippen LogP contribution is 2.46. The fourth-order valence-corrected chi connectivity index (χ4v) is 2.79. The summed E-state index contributed by atoms with van der Waals surface area (Å²) in [4.78, 5) is 23.4. The van der Waals surface area contributed by atoms with Crippen LogP contribution in [0.5, 0.6) is 0 Å². The second kappa shape index (κ2) is 5.51. The van der Waals surface area contributed by atoms with Gasteiger partial charge in [-0.05, 0) is 24.7 Å². The lowest BCUT2D eigenvalue weighted by Gasteiger charge is -2.42. The fourth-order valence-electron chi connectivity index (χ4n) is 2.79. The molecule has 1 rings (SSSR count). The minimum absolute atomic E-state index is 0.125. The summed E-state index contributed by atoms with van der Waals surface area (Å²) in [6, 6.07) is 0. The second-order valence-corrected chi connectivity index (χ2v) is 5.46. The highest BCUT2D eigenvalue weighted by atomic mass is 16.5. The van der Waals surface area contributed by atoms with E-state index in [0.29, 0.717) is 12.8 Å². The number of allylic oxidation sites excluding steroid dienone is 2. The van der Waals surface area contributed by atoms with Crippen LogP contribution < -0.4 is 0 Å². The van der Waals surface area contributed by atoms with E-state index in [9.17, 15) is 9.59 Å². The van der Waals surface area contributed by atoms with Gasteiger partial charge in [0.15, 0.2) is 0 Å². The van der Waals surface area contributed by atoms with Crippen LogP contribution in [0.1, 0.15) is 33.1 Å². The first kappa shape index (κ1) is 14.7. The van der Waals surface area contributed by atoms with Gasteiger partial charge < -0.3 is 4.74 Å². The van der Waals surface area contributed by atoms with Gasteiger partial charge in [0.1, 0.15) is 5.78 Å². The van der Waals surface area contributed by atoms with Crippen LogP contribution in [0.3, 0.4) is 0 Å². The van der Waals surface area contributed by atoms with Crippen molar-refractivity contribution in [3.05, 3.63) is 24.8 Å². The Morgan fingerprint density at radius 1 is 1.61 bits per heavy atom. The SMILES string of the molecule is C=C[C@@]1(C)CC(=O)[C@@H](CC(=O)OC)C[C@@H]1C(=C)C.